The van der Waals surface area contributed by atoms with E-state index >= 15 is 0 Å². The Hall–Kier alpha value is -0.646. The minimum atomic E-state index is -0.298. The second-order valence-electron chi connectivity index (χ2n) is 15.4. The minimum absolute atomic E-state index is 0. The van der Waals surface area contributed by atoms with Crippen LogP contribution in [-0.4, -0.2) is 22.6 Å². The van der Waals surface area contributed by atoms with Crippen LogP contribution in [-0.2, 0) is 19.2 Å². The molecule has 4 saturated carbocycles. The summed E-state index contributed by atoms with van der Waals surface area (Å²) in [4.78, 5) is 0. The van der Waals surface area contributed by atoms with E-state index in [0.717, 1.165) is 31.1 Å². The summed E-state index contributed by atoms with van der Waals surface area (Å²) in [7, 11) is -0.0939. The van der Waals surface area contributed by atoms with Crippen LogP contribution in [0.3, 0.4) is 0 Å². The molecule has 0 bridgehead atoms. The van der Waals surface area contributed by atoms with Gasteiger partial charge in [-0.15, -0.1) is 0 Å². The number of halogens is 2. The molecule has 0 N–H and O–H groups in total. The molecule has 252 valence electrons. The molecule has 2 atom stereocenters. The van der Waals surface area contributed by atoms with Crippen LogP contribution in [0.5, 0.6) is 0 Å². The second-order valence-corrected chi connectivity index (χ2v) is 23.3. The average Bonchev–Trinajstić information content (AvgIpc) is 3.65. The maximum atomic E-state index is 2.83. The summed E-state index contributed by atoms with van der Waals surface area (Å²) in [5, 5.41) is 4.02. The first-order valence-corrected chi connectivity index (χ1v) is 24.1. The minimum Gasteiger partial charge on any atom is -1.00 e. The molecule has 6 aliphatic rings. The maximum absolute atomic E-state index is 2.83. The van der Waals surface area contributed by atoms with Crippen LogP contribution in [0.15, 0.2) is 59.2 Å². The third-order valence-corrected chi connectivity index (χ3v) is 23.5. The largest absolute Gasteiger partial charge is 1.00 e. The monoisotopic (exact) mass is 708 g/mol. The van der Waals surface area contributed by atoms with E-state index in [1.807, 2.05) is 10.6 Å². The molecule has 0 aromatic heterocycles. The van der Waals surface area contributed by atoms with Gasteiger partial charge in [-0.25, -0.2) is 0 Å². The Morgan fingerprint density at radius 3 is 1.02 bits per heavy atom. The van der Waals surface area contributed by atoms with Crippen molar-refractivity contribution in [2.24, 2.45) is 0 Å². The van der Waals surface area contributed by atoms with Gasteiger partial charge >= 0.3 is 288 Å². The number of rotatable bonds is 8. The summed E-state index contributed by atoms with van der Waals surface area (Å²) < 4.78 is 1.51. The predicted octanol–water partition coefficient (Wildman–Crippen LogP) is 7.56. The van der Waals surface area contributed by atoms with Crippen molar-refractivity contribution in [3.05, 3.63) is 81.4 Å². The van der Waals surface area contributed by atoms with Crippen molar-refractivity contribution in [2.45, 2.75) is 159 Å². The summed E-state index contributed by atoms with van der Waals surface area (Å²) in [6.07, 6.45) is 35.7. The molecule has 6 aliphatic carbocycles. The Labute approximate surface area is 296 Å². The fraction of sp³-hybridized carbons (Fsp3) is 0.619. The number of benzene rings is 2. The summed E-state index contributed by atoms with van der Waals surface area (Å²) in [5.41, 5.74) is 10.7. The molecule has 0 heterocycles. The normalized spacial score (nSPS) is 25.7. The summed E-state index contributed by atoms with van der Waals surface area (Å²) in [5.74, 6) is 0. The molecular formula is C42H56F2P2Ti. The van der Waals surface area contributed by atoms with Gasteiger partial charge in [0.2, 0.25) is 0 Å². The molecule has 0 nitrogen and oxygen atoms in total. The predicted molar refractivity (Wildman–Crippen MR) is 196 cm³/mol. The van der Waals surface area contributed by atoms with Crippen LogP contribution in [0.1, 0.15) is 159 Å². The molecule has 0 amide bonds. The first-order chi connectivity index (χ1) is 22.3. The molecule has 5 heteroatoms. The molecule has 2 unspecified atom stereocenters. The molecule has 47 heavy (non-hydrogen) atoms. The number of allylic oxidation sites excluding steroid dienone is 2. The molecule has 0 radical (unpaired) electrons. The van der Waals surface area contributed by atoms with Gasteiger partial charge in [0.1, 0.15) is 0 Å². The Morgan fingerprint density at radius 1 is 0.404 bits per heavy atom. The van der Waals surface area contributed by atoms with Crippen LogP contribution in [0.2, 0.25) is 0 Å². The first kappa shape index (κ1) is 36.2. The van der Waals surface area contributed by atoms with Crippen molar-refractivity contribution in [1.29, 1.82) is 0 Å². The van der Waals surface area contributed by atoms with Crippen molar-refractivity contribution in [2.75, 3.05) is 0 Å². The van der Waals surface area contributed by atoms with Gasteiger partial charge in [0, 0.05) is 0 Å². The van der Waals surface area contributed by atoms with Gasteiger partial charge in [0.25, 0.3) is 0 Å². The third kappa shape index (κ3) is 7.68. The van der Waals surface area contributed by atoms with Crippen molar-refractivity contribution < 1.29 is 28.6 Å². The SMILES string of the molecule is C1=C(P(C2CCCCC2)C2CCCCC2)[CH]([Ti+2][CH]2C(P(C3CCCCC3)C3CCCCC3)=Cc3ccccc32)c2ccccc21.[F-].[F-]. The molecule has 2 aromatic carbocycles. The standard InChI is InChI=1S/2C21H28P.2FH.Ti/c2*1-3-11-19(12-4-1)22(20-13-5-2-6-14-20)21-15-17-9-7-8-10-18(17)16-21;;;/h2*7-10,15-16,19-20H,1-6,11-14H2;2*1H;/q;;;;+2/p-2. The van der Waals surface area contributed by atoms with E-state index in [1.165, 1.54) is 128 Å². The van der Waals surface area contributed by atoms with E-state index in [2.05, 4.69) is 60.7 Å². The van der Waals surface area contributed by atoms with E-state index in [9.17, 15) is 0 Å². The number of fused-ring (bicyclic) bond motifs is 2. The Balaban J connectivity index is 0.00000193. The molecule has 8 rings (SSSR count). The van der Waals surface area contributed by atoms with Gasteiger partial charge < -0.3 is 9.41 Å². The molecule has 0 spiro atoms. The zero-order chi connectivity index (χ0) is 30.0. The molecule has 0 saturated heterocycles. The molecule has 0 aliphatic heterocycles. The van der Waals surface area contributed by atoms with Crippen LogP contribution in [0, 0.1) is 0 Å². The van der Waals surface area contributed by atoms with Crippen molar-refractivity contribution >= 4 is 28.0 Å². The Kier molecular flexibility index (Phi) is 13.1. The van der Waals surface area contributed by atoms with Gasteiger partial charge in [-0.05, 0) is 0 Å². The van der Waals surface area contributed by atoms with Crippen molar-refractivity contribution in [3.8, 4) is 0 Å². The van der Waals surface area contributed by atoms with E-state index in [0.29, 0.717) is 0 Å². The fourth-order valence-electron chi connectivity index (χ4n) is 10.5. The van der Waals surface area contributed by atoms with Gasteiger partial charge in [-0.1, -0.05) is 0 Å². The van der Waals surface area contributed by atoms with E-state index in [4.69, 9.17) is 0 Å². The van der Waals surface area contributed by atoms with E-state index < -0.39 is 0 Å². The molecular weight excluding hydrogens is 652 g/mol. The van der Waals surface area contributed by atoms with Gasteiger partial charge in [-0.2, -0.15) is 0 Å². The maximum Gasteiger partial charge on any atom is -1.00 e. The second kappa shape index (κ2) is 17.0. The quantitative estimate of drug-likeness (QED) is 0.196. The number of hydrogen-bond acceptors (Lipinski definition) is 0. The Bertz CT molecular complexity index is 1220. The summed E-state index contributed by atoms with van der Waals surface area (Å²) >= 11 is -0.298. The van der Waals surface area contributed by atoms with Crippen molar-refractivity contribution in [1.82, 2.24) is 0 Å². The van der Waals surface area contributed by atoms with Crippen LogP contribution in [0.4, 0.5) is 0 Å². The van der Waals surface area contributed by atoms with E-state index in [-0.39, 0.29) is 44.4 Å². The summed E-state index contributed by atoms with van der Waals surface area (Å²) in [6, 6.07) is 19.6. The summed E-state index contributed by atoms with van der Waals surface area (Å²) in [6.45, 7) is 0. The van der Waals surface area contributed by atoms with Crippen LogP contribution in [0.25, 0.3) is 12.2 Å². The molecule has 2 aromatic rings. The smallest absolute Gasteiger partial charge is 1.00 e. The van der Waals surface area contributed by atoms with Gasteiger partial charge in [0.15, 0.2) is 0 Å². The van der Waals surface area contributed by atoms with E-state index in [1.54, 1.807) is 22.3 Å². The van der Waals surface area contributed by atoms with Crippen LogP contribution < -0.4 is 9.41 Å². The average molecular weight is 709 g/mol. The topological polar surface area (TPSA) is 0 Å². The molecule has 4 fully saturated rings. The Morgan fingerprint density at radius 2 is 0.702 bits per heavy atom. The zero-order valence-corrected chi connectivity index (χ0v) is 31.9. The third-order valence-electron chi connectivity index (χ3n) is 12.6. The van der Waals surface area contributed by atoms with Crippen molar-refractivity contribution in [3.63, 3.8) is 0 Å². The zero-order valence-electron chi connectivity index (χ0n) is 28.5. The fourth-order valence-corrected chi connectivity index (χ4v) is 23.2. The van der Waals surface area contributed by atoms with Crippen LogP contribution >= 0.6 is 15.8 Å². The first-order valence-electron chi connectivity index (χ1n) is 19.3. The number of hydrogen-bond donors (Lipinski definition) is 0. The van der Waals surface area contributed by atoms with Gasteiger partial charge in [0.05, 0.1) is 0 Å². The van der Waals surface area contributed by atoms with Gasteiger partial charge in [-0.3, -0.25) is 0 Å².